The van der Waals surface area contributed by atoms with Crippen molar-refractivity contribution in [3.8, 4) is 0 Å². The Hall–Kier alpha value is -1.79. The molecule has 0 atom stereocenters. The maximum absolute atomic E-state index is 12.4. The number of hydrogen-bond donors (Lipinski definition) is 2. The van der Waals surface area contributed by atoms with E-state index in [0.717, 1.165) is 5.69 Å². The van der Waals surface area contributed by atoms with Gasteiger partial charge in [0.1, 0.15) is 6.54 Å². The third kappa shape index (κ3) is 3.90. The van der Waals surface area contributed by atoms with Crippen molar-refractivity contribution in [2.45, 2.75) is 19.4 Å². The van der Waals surface area contributed by atoms with Gasteiger partial charge in [-0.15, -0.1) is 0 Å². The molecule has 0 saturated carbocycles. The van der Waals surface area contributed by atoms with Gasteiger partial charge in [0.2, 0.25) is 5.91 Å². The molecule has 3 amide bonds. The molecule has 120 valence electrons. The van der Waals surface area contributed by atoms with Crippen molar-refractivity contribution >= 4 is 29.2 Å². The van der Waals surface area contributed by atoms with Crippen molar-refractivity contribution in [1.82, 2.24) is 10.2 Å². The second-order valence-electron chi connectivity index (χ2n) is 5.93. The van der Waals surface area contributed by atoms with Gasteiger partial charge in [-0.25, -0.2) is 4.79 Å². The number of nitrogens with zero attached hydrogens (tertiary/aromatic N) is 2. The highest BCUT2D eigenvalue weighted by Crippen LogP contribution is 2.23. The van der Waals surface area contributed by atoms with Crippen LogP contribution in [0.3, 0.4) is 0 Å². The van der Waals surface area contributed by atoms with E-state index in [1.54, 1.807) is 36.9 Å². The third-order valence-corrected chi connectivity index (χ3v) is 3.66. The van der Waals surface area contributed by atoms with Crippen molar-refractivity contribution < 1.29 is 14.7 Å². The van der Waals surface area contributed by atoms with Crippen LogP contribution in [0.4, 0.5) is 10.5 Å². The van der Waals surface area contributed by atoms with Crippen LogP contribution in [-0.2, 0) is 4.79 Å². The minimum absolute atomic E-state index is 0.0284. The van der Waals surface area contributed by atoms with Gasteiger partial charge in [-0.3, -0.25) is 9.69 Å². The first-order valence-corrected chi connectivity index (χ1v) is 7.44. The number of amides is 3. The molecule has 7 heteroatoms. The quantitative estimate of drug-likeness (QED) is 0.861. The lowest BCUT2D eigenvalue weighted by Gasteiger charge is -2.25. The number of anilines is 1. The average Bonchev–Trinajstić information content (AvgIpc) is 2.79. The topological polar surface area (TPSA) is 72.9 Å². The Morgan fingerprint density at radius 2 is 2.14 bits per heavy atom. The molecule has 6 nitrogen and oxygen atoms in total. The normalized spacial score (nSPS) is 15.4. The zero-order valence-electron chi connectivity index (χ0n) is 12.7. The van der Waals surface area contributed by atoms with Crippen molar-refractivity contribution in [3.63, 3.8) is 0 Å². The molecule has 1 heterocycles. The zero-order chi connectivity index (χ0) is 16.3. The first-order chi connectivity index (χ1) is 10.3. The van der Waals surface area contributed by atoms with Crippen LogP contribution in [0, 0.1) is 0 Å². The number of aliphatic hydroxyl groups excluding tert-OH is 1. The predicted molar refractivity (Wildman–Crippen MR) is 85.1 cm³/mol. The lowest BCUT2D eigenvalue weighted by molar-refractivity contribution is -0.123. The molecule has 1 aromatic carbocycles. The summed E-state index contributed by atoms with van der Waals surface area (Å²) in [6.07, 6.45) is 0. The van der Waals surface area contributed by atoms with E-state index in [-0.39, 0.29) is 25.1 Å². The number of benzene rings is 1. The molecule has 1 fully saturated rings. The summed E-state index contributed by atoms with van der Waals surface area (Å²) in [6, 6.07) is 6.83. The molecule has 0 aliphatic carbocycles. The zero-order valence-corrected chi connectivity index (χ0v) is 13.4. The van der Waals surface area contributed by atoms with Gasteiger partial charge >= 0.3 is 6.03 Å². The Labute approximate surface area is 134 Å². The van der Waals surface area contributed by atoms with Crippen molar-refractivity contribution in [3.05, 3.63) is 29.3 Å². The van der Waals surface area contributed by atoms with E-state index in [4.69, 9.17) is 16.7 Å². The molecule has 0 spiro atoms. The van der Waals surface area contributed by atoms with Crippen molar-refractivity contribution in [2.75, 3.05) is 31.1 Å². The van der Waals surface area contributed by atoms with Crippen LogP contribution < -0.4 is 10.2 Å². The van der Waals surface area contributed by atoms with E-state index in [1.807, 2.05) is 6.07 Å². The van der Waals surface area contributed by atoms with Crippen molar-refractivity contribution in [2.24, 2.45) is 0 Å². The van der Waals surface area contributed by atoms with Gasteiger partial charge < -0.3 is 15.3 Å². The SMILES string of the molecule is CC(C)(CO)NC(=O)CN1CCN(c2cccc(Cl)c2)C1=O. The molecule has 0 unspecified atom stereocenters. The third-order valence-electron chi connectivity index (χ3n) is 3.42. The Kier molecular flexibility index (Phi) is 4.93. The Morgan fingerprint density at radius 3 is 2.77 bits per heavy atom. The number of carbonyl (C=O) groups is 2. The second kappa shape index (κ2) is 6.54. The van der Waals surface area contributed by atoms with E-state index in [1.165, 1.54) is 4.90 Å². The van der Waals surface area contributed by atoms with Gasteiger partial charge in [-0.2, -0.15) is 0 Å². The summed E-state index contributed by atoms with van der Waals surface area (Å²) in [6.45, 7) is 4.22. The highest BCUT2D eigenvalue weighted by molar-refractivity contribution is 6.30. The monoisotopic (exact) mass is 325 g/mol. The van der Waals surface area contributed by atoms with E-state index in [2.05, 4.69) is 5.32 Å². The molecule has 1 aromatic rings. The van der Waals surface area contributed by atoms with Crippen LogP contribution >= 0.6 is 11.6 Å². The number of aliphatic hydroxyl groups is 1. The van der Waals surface area contributed by atoms with E-state index in [0.29, 0.717) is 18.1 Å². The molecule has 1 aliphatic rings. The number of rotatable bonds is 5. The van der Waals surface area contributed by atoms with Crippen LogP contribution in [0.25, 0.3) is 0 Å². The molecule has 22 heavy (non-hydrogen) atoms. The lowest BCUT2D eigenvalue weighted by atomic mass is 10.1. The maximum atomic E-state index is 12.4. The molecular formula is C15H20ClN3O3. The van der Waals surface area contributed by atoms with Gasteiger partial charge in [-0.1, -0.05) is 17.7 Å². The van der Waals surface area contributed by atoms with Gasteiger partial charge in [0, 0.05) is 23.8 Å². The maximum Gasteiger partial charge on any atom is 0.325 e. The van der Waals surface area contributed by atoms with Gasteiger partial charge in [0.15, 0.2) is 0 Å². The van der Waals surface area contributed by atoms with Crippen LogP contribution in [0.2, 0.25) is 5.02 Å². The van der Waals surface area contributed by atoms with Gasteiger partial charge in [0.25, 0.3) is 0 Å². The molecular weight excluding hydrogens is 306 g/mol. The highest BCUT2D eigenvalue weighted by Gasteiger charge is 2.31. The number of hydrogen-bond acceptors (Lipinski definition) is 3. The summed E-state index contributed by atoms with van der Waals surface area (Å²) < 4.78 is 0. The van der Waals surface area contributed by atoms with Gasteiger partial charge in [-0.05, 0) is 32.0 Å². The fourth-order valence-corrected chi connectivity index (χ4v) is 2.43. The summed E-state index contributed by atoms with van der Waals surface area (Å²) >= 11 is 5.94. The van der Waals surface area contributed by atoms with Crippen LogP contribution in [0.5, 0.6) is 0 Å². The predicted octanol–water partition coefficient (Wildman–Crippen LogP) is 1.47. The number of carbonyl (C=O) groups excluding carboxylic acids is 2. The number of halogens is 1. The molecule has 1 aliphatic heterocycles. The van der Waals surface area contributed by atoms with Crippen LogP contribution in [0.1, 0.15) is 13.8 Å². The summed E-state index contributed by atoms with van der Waals surface area (Å²) in [4.78, 5) is 27.4. The second-order valence-corrected chi connectivity index (χ2v) is 6.36. The largest absolute Gasteiger partial charge is 0.394 e. The van der Waals surface area contributed by atoms with Crippen LogP contribution in [-0.4, -0.2) is 53.7 Å². The summed E-state index contributed by atoms with van der Waals surface area (Å²) in [7, 11) is 0. The van der Waals surface area contributed by atoms with Gasteiger partial charge in [0.05, 0.1) is 12.1 Å². The molecule has 0 aromatic heterocycles. The smallest absolute Gasteiger partial charge is 0.325 e. The molecule has 0 bridgehead atoms. The van der Waals surface area contributed by atoms with E-state index in [9.17, 15) is 9.59 Å². The summed E-state index contributed by atoms with van der Waals surface area (Å²) in [5, 5.41) is 12.4. The lowest BCUT2D eigenvalue weighted by Crippen LogP contribution is -2.50. The fourth-order valence-electron chi connectivity index (χ4n) is 2.24. The minimum atomic E-state index is -0.702. The molecule has 0 radical (unpaired) electrons. The Bertz CT molecular complexity index is 577. The average molecular weight is 326 g/mol. The van der Waals surface area contributed by atoms with E-state index >= 15 is 0 Å². The standard InChI is InChI=1S/C15H20ClN3O3/c1-15(2,10-20)17-13(21)9-18-6-7-19(14(18)22)12-5-3-4-11(16)8-12/h3-5,8,20H,6-7,9-10H2,1-2H3,(H,17,21). The van der Waals surface area contributed by atoms with Crippen LogP contribution in [0.15, 0.2) is 24.3 Å². The molecule has 2 N–H and O–H groups in total. The summed E-state index contributed by atoms with van der Waals surface area (Å²) in [5.74, 6) is -0.291. The van der Waals surface area contributed by atoms with Crippen molar-refractivity contribution in [1.29, 1.82) is 0 Å². The van der Waals surface area contributed by atoms with E-state index < -0.39 is 5.54 Å². The minimum Gasteiger partial charge on any atom is -0.394 e. The molecule has 1 saturated heterocycles. The number of urea groups is 1. The first-order valence-electron chi connectivity index (χ1n) is 7.06. The highest BCUT2D eigenvalue weighted by atomic mass is 35.5. The number of nitrogens with one attached hydrogen (secondary N) is 1. The molecule has 2 rings (SSSR count). The summed E-state index contributed by atoms with van der Waals surface area (Å²) in [5.41, 5.74) is 0.0167. The fraction of sp³-hybridized carbons (Fsp3) is 0.467. The first kappa shape index (κ1) is 16.6. The Balaban J connectivity index is 1.98. The Morgan fingerprint density at radius 1 is 1.41 bits per heavy atom.